The zero-order chi connectivity index (χ0) is 23.9. The number of hydrogen-bond acceptors (Lipinski definition) is 4. The van der Waals surface area contributed by atoms with E-state index in [1.807, 2.05) is 5.32 Å². The first-order valence-electron chi connectivity index (χ1n) is 9.53. The van der Waals surface area contributed by atoms with Gasteiger partial charge >= 0.3 is 18.1 Å². The molecule has 0 saturated carbocycles. The summed E-state index contributed by atoms with van der Waals surface area (Å²) in [5, 5.41) is 12.6. The number of hydrogen-bond donors (Lipinski definition) is 2. The van der Waals surface area contributed by atoms with Crippen LogP contribution in [0.3, 0.4) is 0 Å². The Morgan fingerprint density at radius 1 is 1.06 bits per heavy atom. The molecule has 0 aliphatic carbocycles. The Hall–Kier alpha value is -3.01. The van der Waals surface area contributed by atoms with Gasteiger partial charge in [0, 0.05) is 17.7 Å². The molecule has 1 unspecified atom stereocenters. The van der Waals surface area contributed by atoms with Gasteiger partial charge in [-0.2, -0.15) is 22.0 Å². The number of esters is 1. The van der Waals surface area contributed by atoms with Gasteiger partial charge in [-0.15, -0.1) is 0 Å². The van der Waals surface area contributed by atoms with Crippen LogP contribution in [-0.2, 0) is 21.6 Å². The van der Waals surface area contributed by atoms with E-state index in [9.17, 15) is 36.6 Å². The van der Waals surface area contributed by atoms with Crippen molar-refractivity contribution < 1.29 is 41.4 Å². The monoisotopic (exact) mass is 457 g/mol. The maximum absolute atomic E-state index is 14.5. The molecule has 1 atom stereocenters. The minimum atomic E-state index is -6.19. The number of rotatable bonds is 6. The molecule has 1 amide bonds. The molecular formula is C22H20F5NO4. The van der Waals surface area contributed by atoms with Crippen LogP contribution in [0.5, 0.6) is 0 Å². The molecule has 0 aromatic heterocycles. The number of amides is 1. The second-order valence-corrected chi connectivity index (χ2v) is 8.26. The summed E-state index contributed by atoms with van der Waals surface area (Å²) in [7, 11) is 0. The molecule has 0 saturated heterocycles. The Morgan fingerprint density at radius 2 is 1.69 bits per heavy atom. The van der Waals surface area contributed by atoms with Gasteiger partial charge in [-0.05, 0) is 29.2 Å². The smallest absolute Gasteiger partial charge is 0.457 e. The van der Waals surface area contributed by atoms with Gasteiger partial charge in [0.25, 0.3) is 5.91 Å². The fourth-order valence-corrected chi connectivity index (χ4v) is 3.64. The Balaban J connectivity index is 1.99. The Morgan fingerprint density at radius 3 is 2.28 bits per heavy atom. The van der Waals surface area contributed by atoms with Crippen LogP contribution in [0.2, 0.25) is 0 Å². The zero-order valence-electron chi connectivity index (χ0n) is 17.1. The predicted molar refractivity (Wildman–Crippen MR) is 104 cm³/mol. The van der Waals surface area contributed by atoms with E-state index in [1.54, 1.807) is 18.2 Å². The molecule has 32 heavy (non-hydrogen) atoms. The van der Waals surface area contributed by atoms with Crippen molar-refractivity contribution in [2.45, 2.75) is 50.0 Å². The largest absolute Gasteiger partial charge is 0.457 e. The molecule has 0 radical (unpaired) electrons. The minimum absolute atomic E-state index is 0.137. The van der Waals surface area contributed by atoms with Gasteiger partial charge in [0.1, 0.15) is 6.61 Å². The number of benzene rings is 2. The van der Waals surface area contributed by atoms with Crippen LogP contribution in [0.4, 0.5) is 27.6 Å². The number of nitrogens with one attached hydrogen (secondary N) is 1. The number of alkyl halides is 5. The van der Waals surface area contributed by atoms with Crippen molar-refractivity contribution in [2.24, 2.45) is 0 Å². The van der Waals surface area contributed by atoms with Gasteiger partial charge in [-0.25, -0.2) is 4.79 Å². The van der Waals surface area contributed by atoms with Crippen LogP contribution < -0.4 is 5.32 Å². The van der Waals surface area contributed by atoms with E-state index in [0.717, 1.165) is 6.07 Å². The molecule has 0 spiro atoms. The van der Waals surface area contributed by atoms with E-state index in [2.05, 4.69) is 0 Å². The summed E-state index contributed by atoms with van der Waals surface area (Å²) in [4.78, 5) is 24.3. The molecule has 2 N–H and O–H groups in total. The maximum Gasteiger partial charge on any atom is 0.457 e. The van der Waals surface area contributed by atoms with E-state index in [1.165, 1.54) is 38.1 Å². The highest BCUT2D eigenvalue weighted by Crippen LogP contribution is 2.49. The number of halogens is 5. The van der Waals surface area contributed by atoms with Crippen LogP contribution >= 0.6 is 0 Å². The second kappa shape index (κ2) is 7.84. The summed E-state index contributed by atoms with van der Waals surface area (Å²) in [5.74, 6) is -8.30. The summed E-state index contributed by atoms with van der Waals surface area (Å²) in [6.45, 7) is 2.57. The van der Waals surface area contributed by atoms with Crippen LogP contribution in [0.1, 0.15) is 41.8 Å². The van der Waals surface area contributed by atoms with Crippen molar-refractivity contribution >= 4 is 17.6 Å². The van der Waals surface area contributed by atoms with Gasteiger partial charge in [-0.3, -0.25) is 4.79 Å². The molecule has 1 aliphatic heterocycles. The second-order valence-electron chi connectivity index (χ2n) is 8.26. The number of anilines is 1. The first-order valence-corrected chi connectivity index (χ1v) is 9.53. The highest BCUT2D eigenvalue weighted by Gasteiger charge is 2.73. The van der Waals surface area contributed by atoms with Gasteiger partial charge in [0.2, 0.25) is 5.60 Å². The van der Waals surface area contributed by atoms with Crippen molar-refractivity contribution in [2.75, 3.05) is 5.32 Å². The van der Waals surface area contributed by atoms with Crippen LogP contribution in [0.25, 0.3) is 0 Å². The lowest BCUT2D eigenvalue weighted by molar-refractivity contribution is -0.335. The van der Waals surface area contributed by atoms with Gasteiger partial charge in [0.05, 0.1) is 5.56 Å². The summed E-state index contributed by atoms with van der Waals surface area (Å²) in [6, 6.07) is 11.4. The van der Waals surface area contributed by atoms with Crippen molar-refractivity contribution in [3.05, 3.63) is 65.2 Å². The minimum Gasteiger partial charge on any atom is -0.457 e. The van der Waals surface area contributed by atoms with Crippen molar-refractivity contribution in [3.63, 3.8) is 0 Å². The number of carbonyl (C=O) groups excluding carboxylic acids is 2. The third kappa shape index (κ3) is 4.06. The lowest BCUT2D eigenvalue weighted by atomic mass is 9.72. The third-order valence-electron chi connectivity index (χ3n) is 5.45. The molecule has 2 aromatic carbocycles. The van der Waals surface area contributed by atoms with Gasteiger partial charge < -0.3 is 15.2 Å². The van der Waals surface area contributed by atoms with Crippen LogP contribution in [0, 0.1) is 0 Å². The Labute approximate surface area is 180 Å². The van der Waals surface area contributed by atoms with E-state index in [-0.39, 0.29) is 17.9 Å². The molecule has 3 rings (SSSR count). The fourth-order valence-electron chi connectivity index (χ4n) is 3.64. The van der Waals surface area contributed by atoms with Crippen LogP contribution in [-0.4, -0.2) is 34.7 Å². The maximum atomic E-state index is 14.5. The molecule has 10 heteroatoms. The number of cyclic esters (lactones) is 1. The molecule has 0 fully saturated rings. The lowest BCUT2D eigenvalue weighted by Crippen LogP contribution is -2.64. The number of carbonyl (C=O) groups is 2. The number of ether oxygens (including phenoxy) is 1. The van der Waals surface area contributed by atoms with Crippen molar-refractivity contribution in [3.8, 4) is 0 Å². The molecule has 0 bridgehead atoms. The zero-order valence-corrected chi connectivity index (χ0v) is 17.1. The molecule has 2 aromatic rings. The summed E-state index contributed by atoms with van der Waals surface area (Å²) in [6.07, 6.45) is -7.42. The van der Waals surface area contributed by atoms with Crippen molar-refractivity contribution in [1.82, 2.24) is 0 Å². The predicted octanol–water partition coefficient (Wildman–Crippen LogP) is 4.59. The van der Waals surface area contributed by atoms with E-state index in [0.29, 0.717) is 11.1 Å². The van der Waals surface area contributed by atoms with Crippen LogP contribution in [0.15, 0.2) is 48.5 Å². The molecule has 1 heterocycles. The van der Waals surface area contributed by atoms with E-state index < -0.39 is 41.4 Å². The average molecular weight is 457 g/mol. The van der Waals surface area contributed by atoms with E-state index in [4.69, 9.17) is 4.74 Å². The number of aliphatic hydroxyl groups is 1. The molecule has 172 valence electrons. The van der Waals surface area contributed by atoms with Gasteiger partial charge in [-0.1, -0.05) is 44.2 Å². The van der Waals surface area contributed by atoms with Gasteiger partial charge in [0.15, 0.2) is 0 Å². The highest BCUT2D eigenvalue weighted by molar-refractivity contribution is 5.99. The Bertz CT molecular complexity index is 1040. The summed E-state index contributed by atoms with van der Waals surface area (Å²) in [5.41, 5.74) is -4.86. The summed E-state index contributed by atoms with van der Waals surface area (Å²) < 4.78 is 73.7. The Kier molecular flexibility index (Phi) is 5.80. The molecular weight excluding hydrogens is 437 g/mol. The van der Waals surface area contributed by atoms with E-state index >= 15 is 0 Å². The fraction of sp³-hybridized carbons (Fsp3) is 0.364. The normalized spacial score (nSPS) is 16.2. The number of fused-ring (bicyclic) bond motifs is 1. The summed E-state index contributed by atoms with van der Waals surface area (Å²) >= 11 is 0. The standard InChI is InChI=1S/C22H20F5NO4/c1-19(2,14-6-4-3-5-7-14)12-20(31,21(23,24)22(25,26)27)18(30)28-15-8-9-16-13(10-15)11-32-17(16)29/h3-10,31H,11-12H2,1-2H3,(H,28,30). The topological polar surface area (TPSA) is 75.6 Å². The quantitative estimate of drug-likeness (QED) is 0.492. The lowest BCUT2D eigenvalue weighted by Gasteiger charge is -2.40. The first kappa shape index (κ1) is 23.6. The highest BCUT2D eigenvalue weighted by atomic mass is 19.4. The van der Waals surface area contributed by atoms with Crippen molar-refractivity contribution in [1.29, 1.82) is 0 Å². The SMILES string of the molecule is CC(C)(CC(O)(C(=O)Nc1ccc2c(c1)COC2=O)C(F)(F)C(F)(F)F)c1ccccc1. The first-order chi connectivity index (χ1) is 14.7. The molecule has 1 aliphatic rings. The third-order valence-corrected chi connectivity index (χ3v) is 5.45. The average Bonchev–Trinajstić information content (AvgIpc) is 3.07. The molecule has 5 nitrogen and oxygen atoms in total.